The molecule has 0 radical (unpaired) electrons. The van der Waals surface area contributed by atoms with E-state index in [4.69, 9.17) is 19.3 Å². The second kappa shape index (κ2) is 7.95. The van der Waals surface area contributed by atoms with E-state index in [2.05, 4.69) is 4.98 Å². The summed E-state index contributed by atoms with van der Waals surface area (Å²) in [7, 11) is 1.61. The Labute approximate surface area is 125 Å². The number of aromatic nitrogens is 1. The fourth-order valence-corrected chi connectivity index (χ4v) is 1.54. The van der Waals surface area contributed by atoms with Crippen molar-refractivity contribution in [1.82, 2.24) is 4.98 Å². The molecule has 0 aliphatic rings. The lowest BCUT2D eigenvalue weighted by atomic mass is 9.91. The first-order chi connectivity index (χ1) is 9.84. The third kappa shape index (κ3) is 6.10. The van der Waals surface area contributed by atoms with Crippen LogP contribution in [0.15, 0.2) is 12.1 Å². The first-order valence-electron chi connectivity index (χ1n) is 6.80. The van der Waals surface area contributed by atoms with E-state index in [0.717, 1.165) is 0 Å². The first-order valence-corrected chi connectivity index (χ1v) is 6.80. The van der Waals surface area contributed by atoms with Crippen molar-refractivity contribution in [3.63, 3.8) is 0 Å². The Bertz CT molecular complexity index is 468. The number of pyridine rings is 1. The van der Waals surface area contributed by atoms with Gasteiger partial charge in [-0.1, -0.05) is 20.8 Å². The minimum atomic E-state index is -0.996. The van der Waals surface area contributed by atoms with Gasteiger partial charge in [0.25, 0.3) is 0 Å². The molecule has 118 valence electrons. The number of nitrogens with zero attached hydrogens (tertiary/aromatic N) is 1. The fourth-order valence-electron chi connectivity index (χ4n) is 1.54. The molecule has 1 aromatic rings. The summed E-state index contributed by atoms with van der Waals surface area (Å²) in [5.74, 6) is -0.695. The highest BCUT2D eigenvalue weighted by atomic mass is 16.5. The molecule has 0 bridgehead atoms. The normalized spacial score (nSPS) is 11.4. The maximum Gasteiger partial charge on any atom is 0.335 e. The number of carbonyl (C=O) groups is 1. The van der Waals surface area contributed by atoms with Crippen LogP contribution < -0.4 is 4.74 Å². The molecular weight excluding hydrogens is 274 g/mol. The maximum absolute atomic E-state index is 11.2. The number of carboxylic acid groups (broad SMARTS) is 1. The molecule has 0 spiro atoms. The van der Waals surface area contributed by atoms with Crippen molar-refractivity contribution in [2.45, 2.75) is 26.2 Å². The van der Waals surface area contributed by atoms with Gasteiger partial charge in [-0.3, -0.25) is 0 Å². The molecule has 0 fully saturated rings. The third-order valence-corrected chi connectivity index (χ3v) is 2.73. The van der Waals surface area contributed by atoms with Gasteiger partial charge in [0, 0.05) is 18.6 Å². The Hall–Kier alpha value is -1.66. The molecule has 0 saturated carbocycles. The average Bonchev–Trinajstić information content (AvgIpc) is 2.41. The van der Waals surface area contributed by atoms with E-state index >= 15 is 0 Å². The van der Waals surface area contributed by atoms with Gasteiger partial charge in [0.15, 0.2) is 0 Å². The van der Waals surface area contributed by atoms with Crippen molar-refractivity contribution in [1.29, 1.82) is 0 Å². The smallest absolute Gasteiger partial charge is 0.335 e. The summed E-state index contributed by atoms with van der Waals surface area (Å²) in [5.41, 5.74) is 0.598. The van der Waals surface area contributed by atoms with Crippen LogP contribution in [0.4, 0.5) is 0 Å². The molecule has 0 amide bonds. The highest BCUT2D eigenvalue weighted by Crippen LogP contribution is 2.24. The highest BCUT2D eigenvalue weighted by Gasteiger charge is 2.19. The van der Waals surface area contributed by atoms with E-state index in [1.54, 1.807) is 13.2 Å². The maximum atomic E-state index is 11.2. The van der Waals surface area contributed by atoms with Gasteiger partial charge in [0.2, 0.25) is 5.88 Å². The number of ether oxygens (including phenoxy) is 3. The van der Waals surface area contributed by atoms with Crippen molar-refractivity contribution < 1.29 is 24.1 Å². The highest BCUT2D eigenvalue weighted by molar-refractivity contribution is 5.88. The Morgan fingerprint density at radius 1 is 1.19 bits per heavy atom. The molecule has 0 aliphatic heterocycles. The lowest BCUT2D eigenvalue weighted by Gasteiger charge is -2.19. The quantitative estimate of drug-likeness (QED) is 0.741. The van der Waals surface area contributed by atoms with Gasteiger partial charge >= 0.3 is 5.97 Å². The second-order valence-electron chi connectivity index (χ2n) is 5.59. The van der Waals surface area contributed by atoms with Crippen LogP contribution in [0, 0.1) is 0 Å². The minimum Gasteiger partial charge on any atom is -0.478 e. The van der Waals surface area contributed by atoms with Crippen LogP contribution in [0.3, 0.4) is 0 Å². The van der Waals surface area contributed by atoms with Gasteiger partial charge < -0.3 is 19.3 Å². The molecule has 0 aromatic carbocycles. The van der Waals surface area contributed by atoms with Crippen molar-refractivity contribution in [3.05, 3.63) is 23.4 Å². The Kier molecular flexibility index (Phi) is 6.58. The number of methoxy groups -OCH3 is 1. The summed E-state index contributed by atoms with van der Waals surface area (Å²) in [5, 5.41) is 9.15. The zero-order valence-electron chi connectivity index (χ0n) is 13.0. The minimum absolute atomic E-state index is 0.172. The molecule has 1 N–H and O–H groups in total. The van der Waals surface area contributed by atoms with Gasteiger partial charge in [0.05, 0.1) is 31.1 Å². The summed E-state index contributed by atoms with van der Waals surface area (Å²) in [6, 6.07) is 3.00. The fraction of sp³-hybridized carbons (Fsp3) is 0.600. The lowest BCUT2D eigenvalue weighted by molar-refractivity contribution is 0.0535. The van der Waals surface area contributed by atoms with E-state index in [-0.39, 0.29) is 11.0 Å². The van der Waals surface area contributed by atoms with Crippen LogP contribution in [0.2, 0.25) is 0 Å². The number of aromatic carboxylic acids is 1. The Morgan fingerprint density at radius 2 is 1.86 bits per heavy atom. The Morgan fingerprint density at radius 3 is 2.43 bits per heavy atom. The summed E-state index contributed by atoms with van der Waals surface area (Å²) in [6.07, 6.45) is 0. The van der Waals surface area contributed by atoms with Gasteiger partial charge in [0.1, 0.15) is 6.61 Å². The largest absolute Gasteiger partial charge is 0.478 e. The molecule has 0 atom stereocenters. The molecule has 0 unspecified atom stereocenters. The van der Waals surface area contributed by atoms with Crippen LogP contribution in [0.5, 0.6) is 5.88 Å². The molecule has 21 heavy (non-hydrogen) atoms. The predicted octanol–water partition coefficient (Wildman–Crippen LogP) is 2.12. The number of hydrogen-bond donors (Lipinski definition) is 1. The van der Waals surface area contributed by atoms with Crippen molar-refractivity contribution in [2.24, 2.45) is 0 Å². The third-order valence-electron chi connectivity index (χ3n) is 2.73. The molecular formula is C15H23NO5. The number of rotatable bonds is 8. The van der Waals surface area contributed by atoms with Crippen LogP contribution >= 0.6 is 0 Å². The van der Waals surface area contributed by atoms with Crippen LogP contribution in [-0.2, 0) is 14.9 Å². The average molecular weight is 297 g/mol. The number of hydrogen-bond acceptors (Lipinski definition) is 5. The molecule has 0 aliphatic carbocycles. The lowest BCUT2D eigenvalue weighted by Crippen LogP contribution is -2.17. The van der Waals surface area contributed by atoms with Crippen LogP contribution in [0.1, 0.15) is 36.8 Å². The molecule has 6 heteroatoms. The van der Waals surface area contributed by atoms with E-state index < -0.39 is 5.97 Å². The van der Waals surface area contributed by atoms with E-state index in [1.807, 2.05) is 20.8 Å². The van der Waals surface area contributed by atoms with Gasteiger partial charge in [-0.25, -0.2) is 9.78 Å². The molecule has 6 nitrogen and oxygen atoms in total. The zero-order chi connectivity index (χ0) is 15.9. The molecule has 1 heterocycles. The van der Waals surface area contributed by atoms with Crippen molar-refractivity contribution in [3.8, 4) is 5.88 Å². The Balaban J connectivity index is 2.68. The van der Waals surface area contributed by atoms with Gasteiger partial charge in [-0.05, 0) is 6.07 Å². The molecule has 0 saturated heterocycles. The second-order valence-corrected chi connectivity index (χ2v) is 5.59. The van der Waals surface area contributed by atoms with Gasteiger partial charge in [-0.15, -0.1) is 0 Å². The standard InChI is InChI=1S/C15H23NO5/c1-15(2,3)12-9-11(14(17)18)10-13(16-12)21-8-7-20-6-5-19-4/h9-10H,5-8H2,1-4H3,(H,17,18). The number of carboxylic acids is 1. The van der Waals surface area contributed by atoms with Crippen LogP contribution in [0.25, 0.3) is 0 Å². The van der Waals surface area contributed by atoms with E-state index in [0.29, 0.717) is 38.0 Å². The molecule has 1 aromatic heterocycles. The van der Waals surface area contributed by atoms with Gasteiger partial charge in [-0.2, -0.15) is 0 Å². The molecule has 1 rings (SSSR count). The zero-order valence-corrected chi connectivity index (χ0v) is 13.0. The summed E-state index contributed by atoms with van der Waals surface area (Å²) in [6.45, 7) is 7.64. The van der Waals surface area contributed by atoms with Crippen molar-refractivity contribution in [2.75, 3.05) is 33.5 Å². The summed E-state index contributed by atoms with van der Waals surface area (Å²) in [4.78, 5) is 15.5. The van der Waals surface area contributed by atoms with E-state index in [9.17, 15) is 4.79 Å². The van der Waals surface area contributed by atoms with E-state index in [1.165, 1.54) is 6.07 Å². The SMILES string of the molecule is COCCOCCOc1cc(C(=O)O)cc(C(C)(C)C)n1. The van der Waals surface area contributed by atoms with Crippen LogP contribution in [-0.4, -0.2) is 49.6 Å². The monoisotopic (exact) mass is 297 g/mol. The topological polar surface area (TPSA) is 77.9 Å². The predicted molar refractivity (Wildman–Crippen MR) is 78.1 cm³/mol. The van der Waals surface area contributed by atoms with Crippen molar-refractivity contribution >= 4 is 5.97 Å². The summed E-state index contributed by atoms with van der Waals surface area (Å²) < 4.78 is 15.6. The first kappa shape index (κ1) is 17.4. The summed E-state index contributed by atoms with van der Waals surface area (Å²) >= 11 is 0.